The third-order valence-electron chi connectivity index (χ3n) is 5.33. The molecule has 2 amide bonds. The highest BCUT2D eigenvalue weighted by molar-refractivity contribution is 6.18. The van der Waals surface area contributed by atoms with Gasteiger partial charge < -0.3 is 11.1 Å². The van der Waals surface area contributed by atoms with Crippen LogP contribution in [0.1, 0.15) is 21.5 Å². The summed E-state index contributed by atoms with van der Waals surface area (Å²) in [5.41, 5.74) is 8.24. The first-order valence-corrected chi connectivity index (χ1v) is 9.60. The summed E-state index contributed by atoms with van der Waals surface area (Å²) in [6.07, 6.45) is 0.358. The van der Waals surface area contributed by atoms with Gasteiger partial charge in [-0.2, -0.15) is 0 Å². The van der Waals surface area contributed by atoms with Gasteiger partial charge in [-0.25, -0.2) is 0 Å². The number of carbonyl (C=O) groups is 2. The van der Waals surface area contributed by atoms with E-state index in [9.17, 15) is 9.59 Å². The van der Waals surface area contributed by atoms with E-state index in [2.05, 4.69) is 11.4 Å². The van der Waals surface area contributed by atoms with Crippen molar-refractivity contribution in [3.63, 3.8) is 0 Å². The smallest absolute Gasteiger partial charge is 0.253 e. The van der Waals surface area contributed by atoms with Gasteiger partial charge in [0.25, 0.3) is 5.91 Å². The van der Waals surface area contributed by atoms with Crippen molar-refractivity contribution >= 4 is 33.4 Å². The monoisotopic (exact) mass is 382 g/mol. The molecular formula is C25H22N2O2. The molecule has 4 rings (SSSR count). The van der Waals surface area contributed by atoms with E-state index in [1.54, 1.807) is 0 Å². The second kappa shape index (κ2) is 7.76. The van der Waals surface area contributed by atoms with Crippen LogP contribution >= 0.6 is 0 Å². The molecule has 3 N–H and O–H groups in total. The van der Waals surface area contributed by atoms with Crippen molar-refractivity contribution in [2.75, 3.05) is 0 Å². The molecule has 4 heteroatoms. The lowest BCUT2D eigenvalue weighted by Gasteiger charge is -2.18. The van der Waals surface area contributed by atoms with Gasteiger partial charge in [-0.3, -0.25) is 9.59 Å². The maximum Gasteiger partial charge on any atom is 0.253 e. The van der Waals surface area contributed by atoms with Crippen LogP contribution in [-0.4, -0.2) is 17.9 Å². The van der Waals surface area contributed by atoms with Crippen LogP contribution in [0.3, 0.4) is 0 Å². The van der Waals surface area contributed by atoms with Crippen molar-refractivity contribution in [2.24, 2.45) is 5.73 Å². The van der Waals surface area contributed by atoms with E-state index in [4.69, 9.17) is 5.73 Å². The first-order valence-electron chi connectivity index (χ1n) is 9.60. The molecule has 0 fully saturated rings. The second-order valence-corrected chi connectivity index (χ2v) is 7.25. The third kappa shape index (κ3) is 3.69. The predicted molar refractivity (Wildman–Crippen MR) is 117 cm³/mol. The van der Waals surface area contributed by atoms with Crippen LogP contribution in [0.4, 0.5) is 0 Å². The normalized spacial score (nSPS) is 12.0. The van der Waals surface area contributed by atoms with E-state index in [-0.39, 0.29) is 5.91 Å². The Labute approximate surface area is 169 Å². The van der Waals surface area contributed by atoms with Crippen LogP contribution < -0.4 is 11.1 Å². The summed E-state index contributed by atoms with van der Waals surface area (Å²) in [6.45, 7) is 1.98. The van der Waals surface area contributed by atoms with Gasteiger partial charge >= 0.3 is 0 Å². The molecule has 0 unspecified atom stereocenters. The summed E-state index contributed by atoms with van der Waals surface area (Å²) >= 11 is 0. The van der Waals surface area contributed by atoms with Crippen molar-refractivity contribution in [1.29, 1.82) is 0 Å². The fraction of sp³-hybridized carbons (Fsp3) is 0.120. The average Bonchev–Trinajstić information content (AvgIpc) is 2.72. The third-order valence-corrected chi connectivity index (χ3v) is 5.33. The Hall–Kier alpha value is -3.66. The number of rotatable bonds is 5. The minimum Gasteiger partial charge on any atom is -0.368 e. The molecule has 0 aliphatic heterocycles. The van der Waals surface area contributed by atoms with Crippen molar-refractivity contribution in [1.82, 2.24) is 5.32 Å². The number of amides is 2. The standard InChI is InChI=1S/C25H22N2O2/c1-16-8-2-3-9-17(16)15-22(24(26)28)27-25(29)23-20-12-6-4-10-18(20)14-19-11-5-7-13-21(19)23/h2-14,22H,15H2,1H3,(H2,26,28)(H,27,29)/t22-/m0/s1. The van der Waals surface area contributed by atoms with Gasteiger partial charge in [0.2, 0.25) is 5.91 Å². The molecule has 0 radical (unpaired) electrons. The molecule has 4 aromatic rings. The number of nitrogens with two attached hydrogens (primary N) is 1. The van der Waals surface area contributed by atoms with Gasteiger partial charge in [-0.15, -0.1) is 0 Å². The molecular weight excluding hydrogens is 360 g/mol. The molecule has 0 spiro atoms. The number of primary amides is 1. The molecule has 4 nitrogen and oxygen atoms in total. The van der Waals surface area contributed by atoms with Crippen LogP contribution in [0.2, 0.25) is 0 Å². The lowest BCUT2D eigenvalue weighted by Crippen LogP contribution is -2.46. The second-order valence-electron chi connectivity index (χ2n) is 7.25. The predicted octanol–water partition coefficient (Wildman–Crippen LogP) is 4.13. The molecule has 0 saturated heterocycles. The average molecular weight is 382 g/mol. The number of hydrogen-bond acceptors (Lipinski definition) is 2. The Morgan fingerprint density at radius 2 is 1.41 bits per heavy atom. The van der Waals surface area contributed by atoms with Crippen LogP contribution in [0.25, 0.3) is 21.5 Å². The quantitative estimate of drug-likeness (QED) is 0.510. The highest BCUT2D eigenvalue weighted by Gasteiger charge is 2.22. The van der Waals surface area contributed by atoms with E-state index < -0.39 is 11.9 Å². The van der Waals surface area contributed by atoms with Gasteiger partial charge in [0, 0.05) is 6.42 Å². The van der Waals surface area contributed by atoms with Crippen molar-refractivity contribution in [3.05, 3.63) is 95.6 Å². The molecule has 144 valence electrons. The number of carbonyl (C=O) groups excluding carboxylic acids is 2. The van der Waals surface area contributed by atoms with Gasteiger partial charge in [-0.05, 0) is 45.7 Å². The Morgan fingerprint density at radius 3 is 2.00 bits per heavy atom. The Morgan fingerprint density at radius 1 is 0.862 bits per heavy atom. The fourth-order valence-electron chi connectivity index (χ4n) is 3.77. The number of fused-ring (bicyclic) bond motifs is 2. The molecule has 0 saturated carbocycles. The number of nitrogens with one attached hydrogen (secondary N) is 1. The maximum absolute atomic E-state index is 13.3. The zero-order valence-electron chi connectivity index (χ0n) is 16.2. The Balaban J connectivity index is 1.75. The van der Waals surface area contributed by atoms with Gasteiger partial charge in [0.15, 0.2) is 0 Å². The molecule has 1 atom stereocenters. The number of aryl methyl sites for hydroxylation is 1. The summed E-state index contributed by atoms with van der Waals surface area (Å²) in [6, 6.07) is 24.6. The van der Waals surface area contributed by atoms with E-state index in [1.165, 1.54) is 0 Å². The summed E-state index contributed by atoms with van der Waals surface area (Å²) in [5, 5.41) is 6.53. The van der Waals surface area contributed by atoms with Gasteiger partial charge in [-0.1, -0.05) is 72.8 Å². The first kappa shape index (κ1) is 18.7. The SMILES string of the molecule is Cc1ccccc1C[C@H](NC(=O)c1c2ccccc2cc2ccccc12)C(N)=O. The van der Waals surface area contributed by atoms with Gasteiger partial charge in [0.05, 0.1) is 5.56 Å². The first-order chi connectivity index (χ1) is 14.0. The molecule has 0 heterocycles. The highest BCUT2D eigenvalue weighted by atomic mass is 16.2. The molecule has 29 heavy (non-hydrogen) atoms. The summed E-state index contributed by atoms with van der Waals surface area (Å²) in [5.74, 6) is -0.846. The zero-order valence-corrected chi connectivity index (χ0v) is 16.2. The maximum atomic E-state index is 13.3. The minimum atomic E-state index is -0.790. The highest BCUT2D eigenvalue weighted by Crippen LogP contribution is 2.28. The van der Waals surface area contributed by atoms with Gasteiger partial charge in [0.1, 0.15) is 6.04 Å². The van der Waals surface area contributed by atoms with Crippen LogP contribution in [0.5, 0.6) is 0 Å². The molecule has 4 aromatic carbocycles. The van der Waals surface area contributed by atoms with E-state index in [0.29, 0.717) is 12.0 Å². The van der Waals surface area contributed by atoms with E-state index in [0.717, 1.165) is 32.7 Å². The number of hydrogen-bond donors (Lipinski definition) is 2. The number of benzene rings is 4. The van der Waals surface area contributed by atoms with Crippen LogP contribution in [0, 0.1) is 6.92 Å². The van der Waals surface area contributed by atoms with Crippen molar-refractivity contribution in [3.8, 4) is 0 Å². The molecule has 0 aliphatic rings. The molecule has 0 aromatic heterocycles. The topological polar surface area (TPSA) is 72.2 Å². The lowest BCUT2D eigenvalue weighted by molar-refractivity contribution is -0.119. The van der Waals surface area contributed by atoms with E-state index >= 15 is 0 Å². The summed E-state index contributed by atoms with van der Waals surface area (Å²) < 4.78 is 0. The summed E-state index contributed by atoms with van der Waals surface area (Å²) in [7, 11) is 0. The molecule has 0 bridgehead atoms. The van der Waals surface area contributed by atoms with E-state index in [1.807, 2.05) is 79.7 Å². The largest absolute Gasteiger partial charge is 0.368 e. The van der Waals surface area contributed by atoms with Crippen molar-refractivity contribution in [2.45, 2.75) is 19.4 Å². The minimum absolute atomic E-state index is 0.296. The Bertz CT molecular complexity index is 1180. The van der Waals surface area contributed by atoms with Crippen molar-refractivity contribution < 1.29 is 9.59 Å². The fourth-order valence-corrected chi connectivity index (χ4v) is 3.77. The summed E-state index contributed by atoms with van der Waals surface area (Å²) in [4.78, 5) is 25.5. The molecule has 0 aliphatic carbocycles. The van der Waals surface area contributed by atoms with Crippen LogP contribution in [0.15, 0.2) is 78.9 Å². The lowest BCUT2D eigenvalue weighted by atomic mass is 9.95. The Kier molecular flexibility index (Phi) is 5.00. The van der Waals surface area contributed by atoms with Crippen LogP contribution in [-0.2, 0) is 11.2 Å². The zero-order chi connectivity index (χ0) is 20.4.